The topological polar surface area (TPSA) is 67.9 Å². The Morgan fingerprint density at radius 1 is 1.53 bits per heavy atom. The van der Waals surface area contributed by atoms with Crippen molar-refractivity contribution in [2.75, 3.05) is 32.8 Å². The van der Waals surface area contributed by atoms with Gasteiger partial charge in [-0.2, -0.15) is 0 Å². The SMILES string of the molecule is C=CCOC(=O)N1CCNC(C(=O)OCC)C1. The fourth-order valence-electron chi connectivity index (χ4n) is 1.54. The zero-order valence-corrected chi connectivity index (χ0v) is 9.98. The molecule has 0 aromatic rings. The lowest BCUT2D eigenvalue weighted by Gasteiger charge is -2.31. The summed E-state index contributed by atoms with van der Waals surface area (Å²) in [5.74, 6) is -0.339. The molecular weight excluding hydrogens is 224 g/mol. The highest BCUT2D eigenvalue weighted by Gasteiger charge is 2.29. The number of nitrogens with one attached hydrogen (secondary N) is 1. The third-order valence-corrected chi connectivity index (χ3v) is 2.33. The number of hydrogen-bond donors (Lipinski definition) is 1. The Kier molecular flexibility index (Phi) is 5.48. The Balaban J connectivity index is 2.45. The van der Waals surface area contributed by atoms with E-state index >= 15 is 0 Å². The molecule has 6 heteroatoms. The number of ether oxygens (including phenoxy) is 2. The fourth-order valence-corrected chi connectivity index (χ4v) is 1.54. The van der Waals surface area contributed by atoms with Gasteiger partial charge in [0.15, 0.2) is 0 Å². The van der Waals surface area contributed by atoms with Crippen LogP contribution in [-0.4, -0.2) is 55.9 Å². The summed E-state index contributed by atoms with van der Waals surface area (Å²) in [7, 11) is 0. The maximum absolute atomic E-state index is 11.6. The second kappa shape index (κ2) is 6.90. The number of carbonyl (C=O) groups is 2. The second-order valence-electron chi connectivity index (χ2n) is 3.57. The summed E-state index contributed by atoms with van der Waals surface area (Å²) in [6.45, 7) is 7.06. The van der Waals surface area contributed by atoms with Gasteiger partial charge in [0.25, 0.3) is 0 Å². The van der Waals surface area contributed by atoms with E-state index in [-0.39, 0.29) is 19.1 Å². The van der Waals surface area contributed by atoms with Crippen LogP contribution in [0.3, 0.4) is 0 Å². The van der Waals surface area contributed by atoms with Crippen molar-refractivity contribution in [1.29, 1.82) is 0 Å². The van der Waals surface area contributed by atoms with Gasteiger partial charge in [0.1, 0.15) is 12.6 Å². The molecule has 0 aromatic carbocycles. The number of amides is 1. The molecule has 0 aromatic heterocycles. The smallest absolute Gasteiger partial charge is 0.410 e. The number of rotatable bonds is 4. The molecule has 1 amide bonds. The Hall–Kier alpha value is -1.56. The Morgan fingerprint density at radius 2 is 2.29 bits per heavy atom. The Labute approximate surface area is 101 Å². The van der Waals surface area contributed by atoms with E-state index in [0.717, 1.165) is 0 Å². The number of piperazine rings is 1. The lowest BCUT2D eigenvalue weighted by Crippen LogP contribution is -2.56. The molecule has 0 radical (unpaired) electrons. The Bertz CT molecular complexity index is 293. The van der Waals surface area contributed by atoms with Crippen molar-refractivity contribution in [2.24, 2.45) is 0 Å². The molecule has 1 N–H and O–H groups in total. The first kappa shape index (κ1) is 13.5. The van der Waals surface area contributed by atoms with Crippen LogP contribution in [0.1, 0.15) is 6.92 Å². The highest BCUT2D eigenvalue weighted by Crippen LogP contribution is 2.03. The minimum Gasteiger partial charge on any atom is -0.465 e. The maximum Gasteiger partial charge on any atom is 0.410 e. The van der Waals surface area contributed by atoms with Crippen LogP contribution in [0.2, 0.25) is 0 Å². The van der Waals surface area contributed by atoms with E-state index in [1.807, 2.05) is 0 Å². The standard InChI is InChI=1S/C11H18N2O4/c1-3-7-17-11(15)13-6-5-12-9(8-13)10(14)16-4-2/h3,9,12H,1,4-8H2,2H3. The van der Waals surface area contributed by atoms with Crippen LogP contribution in [0.15, 0.2) is 12.7 Å². The van der Waals surface area contributed by atoms with Crippen LogP contribution in [0.25, 0.3) is 0 Å². The molecule has 1 unspecified atom stereocenters. The number of esters is 1. The van der Waals surface area contributed by atoms with E-state index in [4.69, 9.17) is 9.47 Å². The van der Waals surface area contributed by atoms with E-state index in [0.29, 0.717) is 19.7 Å². The van der Waals surface area contributed by atoms with E-state index < -0.39 is 12.1 Å². The van der Waals surface area contributed by atoms with Gasteiger partial charge in [0.05, 0.1) is 13.2 Å². The molecule has 0 spiro atoms. The highest BCUT2D eigenvalue weighted by atomic mass is 16.6. The summed E-state index contributed by atoms with van der Waals surface area (Å²) in [4.78, 5) is 24.5. The molecule has 1 aliphatic rings. The minimum absolute atomic E-state index is 0.173. The molecule has 0 aliphatic carbocycles. The molecule has 1 fully saturated rings. The molecule has 1 atom stereocenters. The van der Waals surface area contributed by atoms with Gasteiger partial charge in [-0.15, -0.1) is 0 Å². The third-order valence-electron chi connectivity index (χ3n) is 2.33. The van der Waals surface area contributed by atoms with Gasteiger partial charge in [-0.25, -0.2) is 4.79 Å². The van der Waals surface area contributed by atoms with Gasteiger partial charge >= 0.3 is 12.1 Å². The van der Waals surface area contributed by atoms with Crippen LogP contribution < -0.4 is 5.32 Å². The molecule has 1 heterocycles. The molecule has 0 bridgehead atoms. The van der Waals surface area contributed by atoms with Crippen LogP contribution in [0.5, 0.6) is 0 Å². The van der Waals surface area contributed by atoms with Crippen molar-refractivity contribution in [3.05, 3.63) is 12.7 Å². The van der Waals surface area contributed by atoms with Crippen molar-refractivity contribution in [3.8, 4) is 0 Å². The first-order valence-corrected chi connectivity index (χ1v) is 5.61. The second-order valence-corrected chi connectivity index (χ2v) is 3.57. The monoisotopic (exact) mass is 242 g/mol. The van der Waals surface area contributed by atoms with Gasteiger partial charge in [0, 0.05) is 13.1 Å². The predicted octanol–water partition coefficient (Wildman–Crippen LogP) is 0.146. The average molecular weight is 242 g/mol. The largest absolute Gasteiger partial charge is 0.465 e. The quantitative estimate of drug-likeness (QED) is 0.561. The predicted molar refractivity (Wildman–Crippen MR) is 61.5 cm³/mol. The first-order chi connectivity index (χ1) is 8.19. The van der Waals surface area contributed by atoms with Crippen molar-refractivity contribution >= 4 is 12.1 Å². The molecule has 0 saturated carbocycles. The van der Waals surface area contributed by atoms with Gasteiger partial charge < -0.3 is 19.7 Å². The van der Waals surface area contributed by atoms with Crippen molar-refractivity contribution in [2.45, 2.75) is 13.0 Å². The van der Waals surface area contributed by atoms with E-state index in [2.05, 4.69) is 11.9 Å². The molecule has 1 aliphatic heterocycles. The van der Waals surface area contributed by atoms with E-state index in [9.17, 15) is 9.59 Å². The molecular formula is C11H18N2O4. The zero-order valence-electron chi connectivity index (χ0n) is 9.98. The Morgan fingerprint density at radius 3 is 2.94 bits per heavy atom. The molecule has 96 valence electrons. The zero-order chi connectivity index (χ0) is 12.7. The summed E-state index contributed by atoms with van der Waals surface area (Å²) in [6.07, 6.45) is 1.07. The summed E-state index contributed by atoms with van der Waals surface area (Å²) in [5.41, 5.74) is 0. The summed E-state index contributed by atoms with van der Waals surface area (Å²) in [6, 6.07) is -0.472. The van der Waals surface area contributed by atoms with Gasteiger partial charge in [-0.1, -0.05) is 12.7 Å². The van der Waals surface area contributed by atoms with Crippen LogP contribution in [-0.2, 0) is 14.3 Å². The van der Waals surface area contributed by atoms with Gasteiger partial charge in [-0.3, -0.25) is 4.79 Å². The molecule has 1 rings (SSSR count). The van der Waals surface area contributed by atoms with Gasteiger partial charge in [0.2, 0.25) is 0 Å². The van der Waals surface area contributed by atoms with E-state index in [1.165, 1.54) is 11.0 Å². The fraction of sp³-hybridized carbons (Fsp3) is 0.636. The lowest BCUT2D eigenvalue weighted by atomic mass is 10.2. The normalized spacial score (nSPS) is 19.6. The number of carbonyl (C=O) groups excluding carboxylic acids is 2. The van der Waals surface area contributed by atoms with Crippen molar-refractivity contribution in [3.63, 3.8) is 0 Å². The highest BCUT2D eigenvalue weighted by molar-refractivity contribution is 5.77. The number of hydrogen-bond acceptors (Lipinski definition) is 5. The molecule has 6 nitrogen and oxygen atoms in total. The molecule has 17 heavy (non-hydrogen) atoms. The summed E-state index contributed by atoms with van der Waals surface area (Å²) in [5, 5.41) is 3.00. The van der Waals surface area contributed by atoms with Crippen LogP contribution in [0, 0.1) is 0 Å². The number of nitrogens with zero attached hydrogens (tertiary/aromatic N) is 1. The third kappa shape index (κ3) is 4.07. The first-order valence-electron chi connectivity index (χ1n) is 5.61. The van der Waals surface area contributed by atoms with Crippen molar-refractivity contribution in [1.82, 2.24) is 10.2 Å². The average Bonchev–Trinajstić information content (AvgIpc) is 2.36. The van der Waals surface area contributed by atoms with E-state index in [1.54, 1.807) is 6.92 Å². The van der Waals surface area contributed by atoms with Crippen LogP contribution >= 0.6 is 0 Å². The minimum atomic E-state index is -0.472. The molecule has 1 saturated heterocycles. The van der Waals surface area contributed by atoms with Gasteiger partial charge in [-0.05, 0) is 6.92 Å². The summed E-state index contributed by atoms with van der Waals surface area (Å²) >= 11 is 0. The maximum atomic E-state index is 11.6. The van der Waals surface area contributed by atoms with Crippen LogP contribution in [0.4, 0.5) is 4.79 Å². The lowest BCUT2D eigenvalue weighted by molar-refractivity contribution is -0.146. The summed E-state index contributed by atoms with van der Waals surface area (Å²) < 4.78 is 9.80. The van der Waals surface area contributed by atoms with Crippen molar-refractivity contribution < 1.29 is 19.1 Å².